The molecule has 2 rings (SSSR count). The molecule has 7 nitrogen and oxygen atoms in total. The number of rotatable bonds is 7. The molecule has 0 saturated carbocycles. The van der Waals surface area contributed by atoms with E-state index in [-0.39, 0.29) is 23.7 Å². The van der Waals surface area contributed by atoms with Gasteiger partial charge in [0.1, 0.15) is 16.4 Å². The van der Waals surface area contributed by atoms with Crippen molar-refractivity contribution < 1.29 is 31.1 Å². The fourth-order valence-electron chi connectivity index (χ4n) is 2.01. The number of halogens is 3. The predicted molar refractivity (Wildman–Crippen MR) is 82.0 cm³/mol. The van der Waals surface area contributed by atoms with E-state index in [9.17, 15) is 21.6 Å². The van der Waals surface area contributed by atoms with Gasteiger partial charge in [0.05, 0.1) is 20.8 Å². The molecule has 0 aliphatic heterocycles. The summed E-state index contributed by atoms with van der Waals surface area (Å²) in [6, 6.07) is 5.01. The summed E-state index contributed by atoms with van der Waals surface area (Å²) < 4.78 is 75.4. The van der Waals surface area contributed by atoms with Crippen molar-refractivity contribution in [3.05, 3.63) is 36.2 Å². The fraction of sp³-hybridized carbons (Fsp3) is 0.357. The van der Waals surface area contributed by atoms with E-state index in [2.05, 4.69) is 9.82 Å². The third-order valence-corrected chi connectivity index (χ3v) is 4.72. The highest BCUT2D eigenvalue weighted by atomic mass is 32.2. The zero-order valence-corrected chi connectivity index (χ0v) is 14.2. The van der Waals surface area contributed by atoms with Crippen molar-refractivity contribution in [1.82, 2.24) is 14.5 Å². The highest BCUT2D eigenvalue weighted by Gasteiger charge is 2.33. The predicted octanol–water partition coefficient (Wildman–Crippen LogP) is 1.90. The Balaban J connectivity index is 2.06. The van der Waals surface area contributed by atoms with Crippen LogP contribution in [0.2, 0.25) is 0 Å². The summed E-state index contributed by atoms with van der Waals surface area (Å²) in [5, 5.41) is 3.35. The Morgan fingerprint density at radius 1 is 1.20 bits per heavy atom. The summed E-state index contributed by atoms with van der Waals surface area (Å²) in [6.07, 6.45) is -3.41. The smallest absolute Gasteiger partial charge is 0.435 e. The van der Waals surface area contributed by atoms with Crippen molar-refractivity contribution in [3.63, 3.8) is 0 Å². The lowest BCUT2D eigenvalue weighted by Crippen LogP contribution is -2.28. The molecule has 2 aromatic rings. The standard InChI is InChI=1S/C14H16F3N3O4S/c1-23-10-3-4-12(11(9-10)24-2)25(21,22)18-6-8-20-7-5-13(19-20)14(15,16)17/h3-5,7,9,18H,6,8H2,1-2H3. The second-order valence-corrected chi connectivity index (χ2v) is 6.61. The van der Waals surface area contributed by atoms with Crippen molar-refractivity contribution >= 4 is 10.0 Å². The highest BCUT2D eigenvalue weighted by Crippen LogP contribution is 2.28. The fourth-order valence-corrected chi connectivity index (χ4v) is 3.18. The summed E-state index contributed by atoms with van der Waals surface area (Å²) in [5.74, 6) is 0.511. The third kappa shape index (κ3) is 4.63. The topological polar surface area (TPSA) is 82.5 Å². The lowest BCUT2D eigenvalue weighted by Gasteiger charge is -2.12. The summed E-state index contributed by atoms with van der Waals surface area (Å²) in [6.45, 7) is -0.204. The van der Waals surface area contributed by atoms with Gasteiger partial charge in [-0.15, -0.1) is 0 Å². The molecule has 0 saturated heterocycles. The largest absolute Gasteiger partial charge is 0.497 e. The minimum absolute atomic E-state index is 0.0617. The third-order valence-electron chi connectivity index (χ3n) is 3.22. The van der Waals surface area contributed by atoms with Crippen LogP contribution in [0.25, 0.3) is 0 Å². The van der Waals surface area contributed by atoms with Crippen LogP contribution in [0.5, 0.6) is 11.5 Å². The quantitative estimate of drug-likeness (QED) is 0.795. The number of methoxy groups -OCH3 is 2. The van der Waals surface area contributed by atoms with Crippen LogP contribution in [0, 0.1) is 0 Å². The van der Waals surface area contributed by atoms with Gasteiger partial charge in [-0.1, -0.05) is 0 Å². The Kier molecular flexibility index (Phi) is 5.58. The van der Waals surface area contributed by atoms with Gasteiger partial charge in [-0.3, -0.25) is 4.68 Å². The second-order valence-electron chi connectivity index (χ2n) is 4.88. The molecule has 1 aromatic heterocycles. The SMILES string of the molecule is COc1ccc(S(=O)(=O)NCCn2ccc(C(F)(F)F)n2)c(OC)c1. The Morgan fingerprint density at radius 3 is 2.48 bits per heavy atom. The molecule has 0 bridgehead atoms. The minimum Gasteiger partial charge on any atom is -0.497 e. The maximum atomic E-state index is 12.5. The normalized spacial score (nSPS) is 12.2. The van der Waals surface area contributed by atoms with Crippen molar-refractivity contribution in [2.45, 2.75) is 17.6 Å². The molecule has 0 unspecified atom stereocenters. The zero-order valence-electron chi connectivity index (χ0n) is 13.4. The molecule has 0 aliphatic carbocycles. The van der Waals surface area contributed by atoms with E-state index >= 15 is 0 Å². The van der Waals surface area contributed by atoms with Crippen LogP contribution in [0.1, 0.15) is 5.69 Å². The average molecular weight is 379 g/mol. The molecule has 0 aliphatic rings. The summed E-state index contributed by atoms with van der Waals surface area (Å²) >= 11 is 0. The molecule has 11 heteroatoms. The first-order valence-electron chi connectivity index (χ1n) is 6.99. The number of nitrogens with one attached hydrogen (secondary N) is 1. The van der Waals surface area contributed by atoms with Crippen molar-refractivity contribution in [3.8, 4) is 11.5 Å². The number of hydrogen-bond acceptors (Lipinski definition) is 5. The molecule has 0 radical (unpaired) electrons. The second kappa shape index (κ2) is 7.31. The monoisotopic (exact) mass is 379 g/mol. The Labute approximate surface area is 142 Å². The molecule has 1 N–H and O–H groups in total. The van der Waals surface area contributed by atoms with Crippen molar-refractivity contribution in [2.24, 2.45) is 0 Å². The summed E-state index contributed by atoms with van der Waals surface area (Å²) in [5.41, 5.74) is -1.04. The number of sulfonamides is 1. The maximum Gasteiger partial charge on any atom is 0.435 e. The molecule has 25 heavy (non-hydrogen) atoms. The van der Waals surface area contributed by atoms with E-state index in [4.69, 9.17) is 9.47 Å². The Hall–Kier alpha value is -2.27. The van der Waals surface area contributed by atoms with Gasteiger partial charge in [0, 0.05) is 18.8 Å². The lowest BCUT2D eigenvalue weighted by molar-refractivity contribution is -0.141. The molecule has 138 valence electrons. The van der Waals surface area contributed by atoms with Crippen LogP contribution in [0.15, 0.2) is 35.4 Å². The summed E-state index contributed by atoms with van der Waals surface area (Å²) in [4.78, 5) is -0.104. The van der Waals surface area contributed by atoms with Gasteiger partial charge in [-0.25, -0.2) is 13.1 Å². The number of alkyl halides is 3. The van der Waals surface area contributed by atoms with Crippen LogP contribution in [0.4, 0.5) is 13.2 Å². The Morgan fingerprint density at radius 2 is 1.92 bits per heavy atom. The van der Waals surface area contributed by atoms with Crippen molar-refractivity contribution in [1.29, 1.82) is 0 Å². The summed E-state index contributed by atoms with van der Waals surface area (Å²) in [7, 11) is -1.17. The minimum atomic E-state index is -4.54. The van der Waals surface area contributed by atoms with Gasteiger partial charge >= 0.3 is 6.18 Å². The molecule has 0 amide bonds. The molecule has 0 spiro atoms. The van der Waals surface area contributed by atoms with Gasteiger partial charge in [0.2, 0.25) is 10.0 Å². The molecule has 0 atom stereocenters. The number of hydrogen-bond donors (Lipinski definition) is 1. The van der Waals surface area contributed by atoms with Crippen LogP contribution in [-0.2, 0) is 22.7 Å². The van der Waals surface area contributed by atoms with Gasteiger partial charge in [0.15, 0.2) is 5.69 Å². The van der Waals surface area contributed by atoms with Crippen LogP contribution in [0.3, 0.4) is 0 Å². The molecular weight excluding hydrogens is 363 g/mol. The molecule has 1 heterocycles. The number of ether oxygens (including phenoxy) is 2. The van der Waals surface area contributed by atoms with Gasteiger partial charge in [-0.05, 0) is 18.2 Å². The van der Waals surface area contributed by atoms with E-state index in [1.807, 2.05) is 0 Å². The first-order chi connectivity index (χ1) is 11.7. The molecule has 1 aromatic carbocycles. The first kappa shape index (κ1) is 19.1. The van der Waals surface area contributed by atoms with Crippen LogP contribution < -0.4 is 14.2 Å². The Bertz CT molecular complexity index is 834. The lowest BCUT2D eigenvalue weighted by atomic mass is 10.3. The van der Waals surface area contributed by atoms with E-state index in [0.29, 0.717) is 5.75 Å². The maximum absolute atomic E-state index is 12.5. The molecule has 0 fully saturated rings. The van der Waals surface area contributed by atoms with Gasteiger partial charge in [-0.2, -0.15) is 18.3 Å². The van der Waals surface area contributed by atoms with E-state index in [0.717, 1.165) is 16.9 Å². The number of benzene rings is 1. The molecular formula is C14H16F3N3O4S. The van der Waals surface area contributed by atoms with E-state index in [1.54, 1.807) is 0 Å². The van der Waals surface area contributed by atoms with Crippen molar-refractivity contribution in [2.75, 3.05) is 20.8 Å². The van der Waals surface area contributed by atoms with Crippen LogP contribution >= 0.6 is 0 Å². The number of aromatic nitrogens is 2. The first-order valence-corrected chi connectivity index (χ1v) is 8.48. The van der Waals surface area contributed by atoms with Gasteiger partial charge in [0.25, 0.3) is 0 Å². The highest BCUT2D eigenvalue weighted by molar-refractivity contribution is 7.89. The number of nitrogens with zero attached hydrogens (tertiary/aromatic N) is 2. The zero-order chi connectivity index (χ0) is 18.7. The van der Waals surface area contributed by atoms with E-state index < -0.39 is 21.9 Å². The van der Waals surface area contributed by atoms with E-state index in [1.165, 1.54) is 32.4 Å². The van der Waals surface area contributed by atoms with Crippen LogP contribution in [-0.4, -0.2) is 39.0 Å². The van der Waals surface area contributed by atoms with Gasteiger partial charge < -0.3 is 9.47 Å². The average Bonchev–Trinajstić information content (AvgIpc) is 3.03.